The summed E-state index contributed by atoms with van der Waals surface area (Å²) < 4.78 is 0. The van der Waals surface area contributed by atoms with Crippen LogP contribution in [0.5, 0.6) is 0 Å². The Morgan fingerprint density at radius 1 is 1.14 bits per heavy atom. The second kappa shape index (κ2) is 3.98. The van der Waals surface area contributed by atoms with Crippen LogP contribution >= 0.6 is 12.6 Å². The number of thiol groups is 1. The number of rotatable bonds is 1. The lowest BCUT2D eigenvalue weighted by Crippen LogP contribution is -2.29. The van der Waals surface area contributed by atoms with Gasteiger partial charge in [0.25, 0.3) is 0 Å². The third-order valence-corrected chi connectivity index (χ3v) is 3.92. The predicted molar refractivity (Wildman–Crippen MR) is 65.0 cm³/mol. The molecule has 14 heavy (non-hydrogen) atoms. The Labute approximate surface area is 92.1 Å². The molecular weight excluding hydrogens is 188 g/mol. The summed E-state index contributed by atoms with van der Waals surface area (Å²) in [7, 11) is 0. The summed E-state index contributed by atoms with van der Waals surface area (Å²) in [6.45, 7) is 4.61. The van der Waals surface area contributed by atoms with Crippen molar-refractivity contribution in [3.05, 3.63) is 35.4 Å². The van der Waals surface area contributed by atoms with Gasteiger partial charge in [-0.05, 0) is 35.8 Å². The molecule has 0 aliphatic heterocycles. The third-order valence-electron chi connectivity index (χ3n) is 3.35. The summed E-state index contributed by atoms with van der Waals surface area (Å²) in [6, 6.07) is 8.80. The van der Waals surface area contributed by atoms with Crippen molar-refractivity contribution >= 4 is 12.6 Å². The smallest absolute Gasteiger partial charge is 0.00911 e. The van der Waals surface area contributed by atoms with Gasteiger partial charge in [0.2, 0.25) is 0 Å². The van der Waals surface area contributed by atoms with E-state index in [2.05, 4.69) is 38.1 Å². The summed E-state index contributed by atoms with van der Waals surface area (Å²) in [4.78, 5) is 0. The summed E-state index contributed by atoms with van der Waals surface area (Å²) in [5, 5.41) is 0.546. The molecule has 0 aromatic heterocycles. The Hall–Kier alpha value is -0.430. The molecule has 0 N–H and O–H groups in total. The average molecular weight is 206 g/mol. The van der Waals surface area contributed by atoms with E-state index in [0.29, 0.717) is 5.25 Å². The summed E-state index contributed by atoms with van der Waals surface area (Å²) in [6.07, 6.45) is 2.35. The Morgan fingerprint density at radius 2 is 1.71 bits per heavy atom. The lowest BCUT2D eigenvalue weighted by atomic mass is 9.78. The van der Waals surface area contributed by atoms with Crippen molar-refractivity contribution < 1.29 is 0 Å². The predicted octanol–water partition coefficient (Wildman–Crippen LogP) is 3.36. The van der Waals surface area contributed by atoms with E-state index in [1.807, 2.05) is 0 Å². The molecule has 1 aromatic carbocycles. The van der Waals surface area contributed by atoms with Crippen LogP contribution < -0.4 is 0 Å². The first-order valence-electron chi connectivity index (χ1n) is 5.43. The van der Waals surface area contributed by atoms with Crippen LogP contribution in [0, 0.1) is 11.8 Å². The van der Waals surface area contributed by atoms with Gasteiger partial charge in [0.1, 0.15) is 0 Å². The summed E-state index contributed by atoms with van der Waals surface area (Å²) in [5.74, 6) is 1.49. The van der Waals surface area contributed by atoms with Crippen molar-refractivity contribution in [2.75, 3.05) is 0 Å². The molecule has 0 saturated heterocycles. The van der Waals surface area contributed by atoms with Gasteiger partial charge in [-0.1, -0.05) is 38.1 Å². The van der Waals surface area contributed by atoms with Gasteiger partial charge >= 0.3 is 0 Å². The monoisotopic (exact) mass is 206 g/mol. The van der Waals surface area contributed by atoms with Gasteiger partial charge < -0.3 is 0 Å². The Morgan fingerprint density at radius 3 is 2.29 bits per heavy atom. The Balaban J connectivity index is 2.27. The average Bonchev–Trinajstić information content (AvgIpc) is 2.16. The Bertz CT molecular complexity index is 317. The molecule has 0 amide bonds. The molecule has 0 radical (unpaired) electrons. The zero-order valence-corrected chi connectivity index (χ0v) is 9.80. The summed E-state index contributed by atoms with van der Waals surface area (Å²) >= 11 is 4.72. The SMILES string of the molecule is CC(C)C1Cc2ccccc2CC1S. The molecule has 0 saturated carbocycles. The molecule has 76 valence electrons. The highest BCUT2D eigenvalue weighted by atomic mass is 32.1. The maximum Gasteiger partial charge on any atom is 0.00911 e. The van der Waals surface area contributed by atoms with E-state index < -0.39 is 0 Å². The number of hydrogen-bond acceptors (Lipinski definition) is 1. The van der Waals surface area contributed by atoms with Crippen molar-refractivity contribution in [3.8, 4) is 0 Å². The minimum absolute atomic E-state index is 0.546. The molecule has 0 bridgehead atoms. The van der Waals surface area contributed by atoms with E-state index in [1.54, 1.807) is 0 Å². The summed E-state index contributed by atoms with van der Waals surface area (Å²) in [5.41, 5.74) is 3.04. The van der Waals surface area contributed by atoms with Crippen LogP contribution in [-0.2, 0) is 12.8 Å². The molecule has 0 heterocycles. The minimum Gasteiger partial charge on any atom is -0.175 e. The fourth-order valence-corrected chi connectivity index (χ4v) is 3.05. The van der Waals surface area contributed by atoms with Crippen LogP contribution in [-0.4, -0.2) is 5.25 Å². The van der Waals surface area contributed by atoms with Crippen LogP contribution in [0.25, 0.3) is 0 Å². The van der Waals surface area contributed by atoms with E-state index in [4.69, 9.17) is 12.6 Å². The van der Waals surface area contributed by atoms with Crippen molar-refractivity contribution in [1.29, 1.82) is 0 Å². The normalized spacial score (nSPS) is 26.3. The van der Waals surface area contributed by atoms with Crippen LogP contribution in [0.3, 0.4) is 0 Å². The van der Waals surface area contributed by atoms with Gasteiger partial charge in [-0.15, -0.1) is 0 Å². The number of benzene rings is 1. The molecule has 2 rings (SSSR count). The molecular formula is C13H18S. The van der Waals surface area contributed by atoms with Crippen LogP contribution in [0.1, 0.15) is 25.0 Å². The molecule has 0 spiro atoms. The van der Waals surface area contributed by atoms with E-state index in [9.17, 15) is 0 Å². The van der Waals surface area contributed by atoms with Crippen LogP contribution in [0.4, 0.5) is 0 Å². The first-order valence-corrected chi connectivity index (χ1v) is 5.95. The lowest BCUT2D eigenvalue weighted by molar-refractivity contribution is 0.354. The molecule has 1 heteroatoms. The quantitative estimate of drug-likeness (QED) is 0.669. The third kappa shape index (κ3) is 1.83. The Kier molecular flexibility index (Phi) is 2.87. The highest BCUT2D eigenvalue weighted by Gasteiger charge is 2.27. The standard InChI is InChI=1S/C13H18S/c1-9(2)12-7-10-5-3-4-6-11(10)8-13(12)14/h3-6,9,12-14H,7-8H2,1-2H3. The maximum atomic E-state index is 4.72. The molecule has 1 aliphatic rings. The van der Waals surface area contributed by atoms with Gasteiger partial charge in [-0.25, -0.2) is 0 Å². The largest absolute Gasteiger partial charge is 0.175 e. The number of fused-ring (bicyclic) bond motifs is 1. The maximum absolute atomic E-state index is 4.72. The minimum atomic E-state index is 0.546. The van der Waals surface area contributed by atoms with E-state index in [1.165, 1.54) is 17.5 Å². The van der Waals surface area contributed by atoms with Crippen LogP contribution in [0.15, 0.2) is 24.3 Å². The highest BCUT2D eigenvalue weighted by molar-refractivity contribution is 7.81. The van der Waals surface area contributed by atoms with Gasteiger partial charge in [0.05, 0.1) is 0 Å². The zero-order chi connectivity index (χ0) is 10.1. The van der Waals surface area contributed by atoms with E-state index >= 15 is 0 Å². The van der Waals surface area contributed by atoms with E-state index in [0.717, 1.165) is 18.3 Å². The molecule has 2 atom stereocenters. The molecule has 1 aliphatic carbocycles. The fourth-order valence-electron chi connectivity index (χ4n) is 2.40. The molecule has 0 fully saturated rings. The van der Waals surface area contributed by atoms with Crippen molar-refractivity contribution in [2.45, 2.75) is 31.9 Å². The first-order chi connectivity index (χ1) is 6.68. The molecule has 1 aromatic rings. The van der Waals surface area contributed by atoms with E-state index in [-0.39, 0.29) is 0 Å². The van der Waals surface area contributed by atoms with Crippen molar-refractivity contribution in [2.24, 2.45) is 11.8 Å². The fraction of sp³-hybridized carbons (Fsp3) is 0.538. The second-order valence-corrected chi connectivity index (χ2v) is 5.32. The van der Waals surface area contributed by atoms with Crippen molar-refractivity contribution in [3.63, 3.8) is 0 Å². The van der Waals surface area contributed by atoms with Gasteiger partial charge in [0.15, 0.2) is 0 Å². The van der Waals surface area contributed by atoms with Crippen LogP contribution in [0.2, 0.25) is 0 Å². The zero-order valence-electron chi connectivity index (χ0n) is 8.90. The van der Waals surface area contributed by atoms with Gasteiger partial charge in [0, 0.05) is 5.25 Å². The lowest BCUT2D eigenvalue weighted by Gasteiger charge is -2.32. The topological polar surface area (TPSA) is 0 Å². The highest BCUT2D eigenvalue weighted by Crippen LogP contribution is 2.33. The van der Waals surface area contributed by atoms with Gasteiger partial charge in [-0.2, -0.15) is 12.6 Å². The van der Waals surface area contributed by atoms with Gasteiger partial charge in [-0.3, -0.25) is 0 Å². The second-order valence-electron chi connectivity index (χ2n) is 4.65. The number of hydrogen-bond donors (Lipinski definition) is 1. The first kappa shape index (κ1) is 10.1. The molecule has 0 nitrogen and oxygen atoms in total. The van der Waals surface area contributed by atoms with Crippen molar-refractivity contribution in [1.82, 2.24) is 0 Å². The molecule has 2 unspecified atom stereocenters.